The molecule has 3 rings (SSSR count). The first kappa shape index (κ1) is 18.2. The number of hydrogen-bond acceptors (Lipinski definition) is 4. The number of pyridine rings is 1. The molecule has 0 aliphatic heterocycles. The number of ether oxygens (including phenoxy) is 1. The van der Waals surface area contributed by atoms with Gasteiger partial charge in [0.1, 0.15) is 11.5 Å². The molecule has 0 aliphatic carbocycles. The molecule has 0 saturated carbocycles. The maximum absolute atomic E-state index is 12.6. The van der Waals surface area contributed by atoms with Crippen molar-refractivity contribution in [2.75, 3.05) is 6.61 Å². The SMILES string of the molecule is Cc1c(OCC(F)(F)F)cc[n+]([O-])c1C[S@](=O)c1nc2ccccc2[nH]1. The largest absolute Gasteiger partial charge is 0.618 e. The lowest BCUT2D eigenvalue weighted by molar-refractivity contribution is -0.613. The summed E-state index contributed by atoms with van der Waals surface area (Å²) in [6.45, 7) is -0.0198. The van der Waals surface area contributed by atoms with Crippen LogP contribution < -0.4 is 9.47 Å². The number of hydrogen-bond donors (Lipinski definition) is 1. The molecule has 3 aromatic rings. The van der Waals surface area contributed by atoms with Crippen molar-refractivity contribution in [3.63, 3.8) is 0 Å². The number of nitrogens with zero attached hydrogens (tertiary/aromatic N) is 2. The van der Waals surface area contributed by atoms with Crippen molar-refractivity contribution in [1.82, 2.24) is 9.97 Å². The van der Waals surface area contributed by atoms with Crippen LogP contribution >= 0.6 is 0 Å². The third kappa shape index (κ3) is 3.96. The molecule has 138 valence electrons. The lowest BCUT2D eigenvalue weighted by Gasteiger charge is -2.13. The molecule has 0 radical (unpaired) electrons. The second-order valence-electron chi connectivity index (χ2n) is 5.53. The highest BCUT2D eigenvalue weighted by Crippen LogP contribution is 2.24. The molecule has 1 N–H and O–H groups in total. The first-order chi connectivity index (χ1) is 12.2. The predicted molar refractivity (Wildman–Crippen MR) is 87.9 cm³/mol. The topological polar surface area (TPSA) is 81.9 Å². The van der Waals surface area contributed by atoms with Crippen LogP contribution in [0.1, 0.15) is 11.3 Å². The summed E-state index contributed by atoms with van der Waals surface area (Å²) in [5, 5.41) is 12.2. The molecule has 0 aliphatic rings. The highest BCUT2D eigenvalue weighted by Gasteiger charge is 2.29. The summed E-state index contributed by atoms with van der Waals surface area (Å²) in [4.78, 5) is 7.12. The Labute approximate surface area is 148 Å². The summed E-state index contributed by atoms with van der Waals surface area (Å²) >= 11 is 0. The molecule has 0 bridgehead atoms. The summed E-state index contributed by atoms with van der Waals surface area (Å²) < 4.78 is 54.8. The van der Waals surface area contributed by atoms with Gasteiger partial charge in [-0.15, -0.1) is 0 Å². The van der Waals surface area contributed by atoms with Crippen molar-refractivity contribution in [2.45, 2.75) is 24.0 Å². The molecular weight excluding hydrogens is 371 g/mol. The number of rotatable bonds is 5. The van der Waals surface area contributed by atoms with Gasteiger partial charge in [-0.05, 0) is 19.1 Å². The Kier molecular flexibility index (Phi) is 4.86. The molecule has 0 amide bonds. The van der Waals surface area contributed by atoms with E-state index in [1.54, 1.807) is 24.3 Å². The number of benzene rings is 1. The molecule has 0 fully saturated rings. The number of imidazole rings is 1. The van der Waals surface area contributed by atoms with Crippen LogP contribution in [0, 0.1) is 12.1 Å². The summed E-state index contributed by atoms with van der Waals surface area (Å²) in [5.74, 6) is -0.288. The standard InChI is InChI=1S/C16H14F3N3O3S/c1-10-13(22(23)7-6-14(10)25-9-16(17,18)19)8-26(24)15-20-11-4-2-3-5-12(11)21-15/h2-7H,8-9H2,1H3,(H,20,21)/t26-/m0/s1. The number of halogens is 3. The molecule has 1 aromatic carbocycles. The fourth-order valence-corrected chi connectivity index (χ4v) is 3.53. The van der Waals surface area contributed by atoms with Crippen molar-refractivity contribution >= 4 is 21.8 Å². The molecule has 1 atom stereocenters. The maximum Gasteiger partial charge on any atom is 0.422 e. The zero-order valence-electron chi connectivity index (χ0n) is 13.5. The van der Waals surface area contributed by atoms with Crippen LogP contribution in [0.4, 0.5) is 13.2 Å². The fraction of sp³-hybridized carbons (Fsp3) is 0.250. The highest BCUT2D eigenvalue weighted by atomic mass is 32.2. The van der Waals surface area contributed by atoms with Gasteiger partial charge >= 0.3 is 6.18 Å². The summed E-state index contributed by atoms with van der Waals surface area (Å²) in [7, 11) is -1.68. The molecule has 2 aromatic heterocycles. The van der Waals surface area contributed by atoms with Gasteiger partial charge < -0.3 is 14.9 Å². The number of aromatic amines is 1. The van der Waals surface area contributed by atoms with Gasteiger partial charge in [0, 0.05) is 6.07 Å². The summed E-state index contributed by atoms with van der Waals surface area (Å²) in [6, 6.07) is 8.25. The predicted octanol–water partition coefficient (Wildman–Crippen LogP) is 2.75. The third-order valence-corrected chi connectivity index (χ3v) is 4.83. The molecule has 10 heteroatoms. The Morgan fingerprint density at radius 3 is 2.73 bits per heavy atom. The van der Waals surface area contributed by atoms with Crippen molar-refractivity contribution < 1.29 is 26.8 Å². The summed E-state index contributed by atoms with van der Waals surface area (Å²) in [5.41, 5.74) is 1.59. The van der Waals surface area contributed by atoms with Crippen LogP contribution in [0.25, 0.3) is 11.0 Å². The Hall–Kier alpha value is -2.62. The molecular formula is C16H14F3N3O3S. The van der Waals surface area contributed by atoms with Crippen LogP contribution in [-0.2, 0) is 16.6 Å². The van der Waals surface area contributed by atoms with E-state index in [0.717, 1.165) is 12.3 Å². The monoisotopic (exact) mass is 385 g/mol. The van der Waals surface area contributed by atoms with Crippen molar-refractivity contribution in [3.8, 4) is 5.75 Å². The van der Waals surface area contributed by atoms with Crippen LogP contribution in [0.15, 0.2) is 41.7 Å². The minimum absolute atomic E-state index is 0.0588. The second kappa shape index (κ2) is 6.94. The van der Waals surface area contributed by atoms with E-state index in [0.29, 0.717) is 15.8 Å². The Morgan fingerprint density at radius 1 is 1.31 bits per heavy atom. The van der Waals surface area contributed by atoms with Gasteiger partial charge in [0.25, 0.3) is 0 Å². The quantitative estimate of drug-likeness (QED) is 0.541. The van der Waals surface area contributed by atoms with Crippen LogP contribution in [0.5, 0.6) is 5.75 Å². The van der Waals surface area contributed by atoms with Gasteiger partial charge in [0.05, 0.1) is 27.4 Å². The highest BCUT2D eigenvalue weighted by molar-refractivity contribution is 7.84. The lowest BCUT2D eigenvalue weighted by atomic mass is 10.2. The number of aromatic nitrogens is 3. The number of nitrogens with one attached hydrogen (secondary N) is 1. The molecule has 2 heterocycles. The van der Waals surface area contributed by atoms with Crippen molar-refractivity contribution in [2.24, 2.45) is 0 Å². The van der Waals surface area contributed by atoms with Crippen LogP contribution in [-0.4, -0.2) is 27.0 Å². The average Bonchev–Trinajstić information content (AvgIpc) is 3.01. The zero-order chi connectivity index (χ0) is 18.9. The first-order valence-corrected chi connectivity index (χ1v) is 8.81. The van der Waals surface area contributed by atoms with Gasteiger partial charge in [-0.25, -0.2) is 4.98 Å². The molecule has 0 spiro atoms. The van der Waals surface area contributed by atoms with E-state index < -0.39 is 23.6 Å². The molecule has 6 nitrogen and oxygen atoms in total. The smallest absolute Gasteiger partial charge is 0.422 e. The van der Waals surface area contributed by atoms with E-state index >= 15 is 0 Å². The van der Waals surface area contributed by atoms with E-state index in [9.17, 15) is 22.6 Å². The lowest BCUT2D eigenvalue weighted by Crippen LogP contribution is -2.33. The number of alkyl halides is 3. The zero-order valence-corrected chi connectivity index (χ0v) is 14.4. The van der Waals surface area contributed by atoms with Crippen molar-refractivity contribution in [3.05, 3.63) is 53.0 Å². The van der Waals surface area contributed by atoms with Crippen LogP contribution in [0.2, 0.25) is 0 Å². The van der Waals surface area contributed by atoms with E-state index in [1.807, 2.05) is 0 Å². The Morgan fingerprint density at radius 2 is 2.04 bits per heavy atom. The van der Waals surface area contributed by atoms with E-state index in [4.69, 9.17) is 4.74 Å². The van der Waals surface area contributed by atoms with Gasteiger partial charge in [0.15, 0.2) is 18.0 Å². The number of para-hydroxylation sites is 2. The number of fused-ring (bicyclic) bond motifs is 1. The van der Waals surface area contributed by atoms with E-state index in [-0.39, 0.29) is 27.9 Å². The van der Waals surface area contributed by atoms with Crippen molar-refractivity contribution in [1.29, 1.82) is 0 Å². The minimum Gasteiger partial charge on any atom is -0.618 e. The second-order valence-corrected chi connectivity index (χ2v) is 6.90. The molecule has 0 unspecified atom stereocenters. The normalized spacial score (nSPS) is 13.1. The van der Waals surface area contributed by atoms with Gasteiger partial charge in [0.2, 0.25) is 5.69 Å². The first-order valence-electron chi connectivity index (χ1n) is 7.49. The van der Waals surface area contributed by atoms with Gasteiger partial charge in [-0.2, -0.15) is 17.9 Å². The van der Waals surface area contributed by atoms with Gasteiger partial charge in [-0.3, -0.25) is 4.21 Å². The third-order valence-electron chi connectivity index (χ3n) is 3.67. The maximum atomic E-state index is 12.6. The van der Waals surface area contributed by atoms with E-state index in [2.05, 4.69) is 9.97 Å². The Balaban J connectivity index is 1.85. The molecule has 0 saturated heterocycles. The minimum atomic E-state index is -4.49. The summed E-state index contributed by atoms with van der Waals surface area (Å²) in [6.07, 6.45) is -3.46. The average molecular weight is 385 g/mol. The number of H-pyrrole nitrogens is 1. The van der Waals surface area contributed by atoms with Crippen LogP contribution in [0.3, 0.4) is 0 Å². The van der Waals surface area contributed by atoms with E-state index in [1.165, 1.54) is 6.92 Å². The fourth-order valence-electron chi connectivity index (χ4n) is 2.38. The molecule has 26 heavy (non-hydrogen) atoms. The van der Waals surface area contributed by atoms with Gasteiger partial charge in [-0.1, -0.05) is 12.1 Å². The Bertz CT molecular complexity index is 939.